The van der Waals surface area contributed by atoms with Crippen LogP contribution in [0.2, 0.25) is 0 Å². The fourth-order valence-electron chi connectivity index (χ4n) is 3.12. The number of carboxylic acid groups (broad SMARTS) is 1. The van der Waals surface area contributed by atoms with Gasteiger partial charge in [-0.3, -0.25) is 4.79 Å². The molecular weight excluding hydrogens is 244 g/mol. The molecule has 1 amide bonds. The average molecular weight is 268 g/mol. The molecule has 0 bridgehead atoms. The Kier molecular flexibility index (Phi) is 4.13. The number of rotatable bonds is 3. The number of amides is 1. The number of carbonyl (C=O) groups is 2. The molecule has 2 rings (SSSR count). The lowest BCUT2D eigenvalue weighted by Gasteiger charge is -2.39. The molecule has 2 aliphatic rings. The highest BCUT2D eigenvalue weighted by molar-refractivity contribution is 5.90. The summed E-state index contributed by atoms with van der Waals surface area (Å²) in [5.74, 6) is -0.962. The first kappa shape index (κ1) is 14.3. The first-order valence-corrected chi connectivity index (χ1v) is 7.25. The molecule has 3 N–H and O–H groups in total. The van der Waals surface area contributed by atoms with Gasteiger partial charge >= 0.3 is 5.97 Å². The molecular formula is C14H24N2O3. The molecule has 0 aromatic heterocycles. The lowest BCUT2D eigenvalue weighted by Crippen LogP contribution is -2.59. The smallest absolute Gasteiger partial charge is 0.329 e. The Hall–Kier alpha value is -1.10. The molecule has 1 aliphatic heterocycles. The van der Waals surface area contributed by atoms with E-state index in [2.05, 4.69) is 10.6 Å². The minimum atomic E-state index is -1.02. The van der Waals surface area contributed by atoms with Crippen LogP contribution in [-0.2, 0) is 9.59 Å². The van der Waals surface area contributed by atoms with Crippen molar-refractivity contribution in [3.05, 3.63) is 0 Å². The molecule has 1 aliphatic carbocycles. The summed E-state index contributed by atoms with van der Waals surface area (Å²) >= 11 is 0. The third-order valence-corrected chi connectivity index (χ3v) is 4.72. The Morgan fingerprint density at radius 2 is 1.63 bits per heavy atom. The lowest BCUT2D eigenvalue weighted by atomic mass is 9.77. The number of carbonyl (C=O) groups excluding carboxylic acids is 1. The number of carboxylic acids is 1. The molecule has 5 nitrogen and oxygen atoms in total. The lowest BCUT2D eigenvalue weighted by molar-refractivity contribution is -0.151. The maximum absolute atomic E-state index is 12.5. The number of aliphatic carboxylic acids is 1. The van der Waals surface area contributed by atoms with Gasteiger partial charge in [-0.1, -0.05) is 26.2 Å². The molecule has 0 aromatic rings. The highest BCUT2D eigenvalue weighted by atomic mass is 16.4. The normalized spacial score (nSPS) is 25.5. The number of nitrogens with one attached hydrogen (secondary N) is 2. The van der Waals surface area contributed by atoms with E-state index < -0.39 is 16.9 Å². The van der Waals surface area contributed by atoms with E-state index in [4.69, 9.17) is 0 Å². The van der Waals surface area contributed by atoms with Gasteiger partial charge in [0, 0.05) is 5.41 Å². The van der Waals surface area contributed by atoms with E-state index >= 15 is 0 Å². The van der Waals surface area contributed by atoms with E-state index in [9.17, 15) is 14.7 Å². The van der Waals surface area contributed by atoms with Crippen LogP contribution in [0, 0.1) is 5.41 Å². The van der Waals surface area contributed by atoms with Crippen molar-refractivity contribution in [2.75, 3.05) is 13.1 Å². The molecule has 0 atom stereocenters. The fourth-order valence-corrected chi connectivity index (χ4v) is 3.12. The molecule has 1 heterocycles. The van der Waals surface area contributed by atoms with E-state index in [1.165, 1.54) is 0 Å². The van der Waals surface area contributed by atoms with Crippen molar-refractivity contribution in [1.82, 2.24) is 10.6 Å². The predicted molar refractivity (Wildman–Crippen MR) is 71.8 cm³/mol. The van der Waals surface area contributed by atoms with Crippen LogP contribution in [0.1, 0.15) is 51.9 Å². The fraction of sp³-hybridized carbons (Fsp3) is 0.857. The molecule has 19 heavy (non-hydrogen) atoms. The van der Waals surface area contributed by atoms with Crippen molar-refractivity contribution in [1.29, 1.82) is 0 Å². The van der Waals surface area contributed by atoms with E-state index in [0.717, 1.165) is 45.2 Å². The van der Waals surface area contributed by atoms with Gasteiger partial charge in [0.2, 0.25) is 5.91 Å². The monoisotopic (exact) mass is 268 g/mol. The second-order valence-corrected chi connectivity index (χ2v) is 6.21. The van der Waals surface area contributed by atoms with Crippen LogP contribution in [-0.4, -0.2) is 35.6 Å². The first-order chi connectivity index (χ1) is 8.99. The number of piperidine rings is 1. The Morgan fingerprint density at radius 1 is 1.05 bits per heavy atom. The standard InChI is InChI=1S/C14H24N2O3/c1-13(7-9-15-10-8-13)11(17)16-14(12(18)19)5-3-2-4-6-14/h15H,2-10H2,1H3,(H,16,17)(H,18,19). The van der Waals surface area contributed by atoms with Gasteiger partial charge in [-0.05, 0) is 38.8 Å². The molecule has 0 radical (unpaired) electrons. The van der Waals surface area contributed by atoms with Gasteiger partial charge in [-0.25, -0.2) is 4.79 Å². The summed E-state index contributed by atoms with van der Waals surface area (Å²) in [4.78, 5) is 24.1. The van der Waals surface area contributed by atoms with E-state index in [-0.39, 0.29) is 5.91 Å². The first-order valence-electron chi connectivity index (χ1n) is 7.25. The van der Waals surface area contributed by atoms with Crippen LogP contribution in [0.15, 0.2) is 0 Å². The molecule has 0 aromatic carbocycles. The van der Waals surface area contributed by atoms with Gasteiger partial charge in [0.05, 0.1) is 0 Å². The van der Waals surface area contributed by atoms with Gasteiger partial charge in [-0.2, -0.15) is 0 Å². The highest BCUT2D eigenvalue weighted by Gasteiger charge is 2.45. The Labute approximate surface area is 114 Å². The molecule has 108 valence electrons. The van der Waals surface area contributed by atoms with Gasteiger partial charge in [0.15, 0.2) is 0 Å². The summed E-state index contributed by atoms with van der Waals surface area (Å²) in [6.45, 7) is 3.59. The minimum absolute atomic E-state index is 0.0849. The summed E-state index contributed by atoms with van der Waals surface area (Å²) in [5.41, 5.74) is -1.45. The number of hydrogen-bond acceptors (Lipinski definition) is 3. The molecule has 5 heteroatoms. The molecule has 0 spiro atoms. The maximum Gasteiger partial charge on any atom is 0.329 e. The van der Waals surface area contributed by atoms with Crippen molar-refractivity contribution in [3.8, 4) is 0 Å². The van der Waals surface area contributed by atoms with Gasteiger partial charge in [0.1, 0.15) is 5.54 Å². The summed E-state index contributed by atoms with van der Waals surface area (Å²) in [6, 6.07) is 0. The topological polar surface area (TPSA) is 78.4 Å². The van der Waals surface area contributed by atoms with Gasteiger partial charge < -0.3 is 15.7 Å². The molecule has 2 fully saturated rings. The van der Waals surface area contributed by atoms with E-state index in [0.29, 0.717) is 12.8 Å². The second kappa shape index (κ2) is 5.49. The number of hydrogen-bond donors (Lipinski definition) is 3. The van der Waals surface area contributed by atoms with Crippen LogP contribution in [0.25, 0.3) is 0 Å². The van der Waals surface area contributed by atoms with Crippen LogP contribution in [0.4, 0.5) is 0 Å². The van der Waals surface area contributed by atoms with Crippen molar-refractivity contribution in [2.45, 2.75) is 57.4 Å². The van der Waals surface area contributed by atoms with Crippen molar-refractivity contribution in [3.63, 3.8) is 0 Å². The Balaban J connectivity index is 2.08. The zero-order chi connectivity index (χ0) is 13.9. The third-order valence-electron chi connectivity index (χ3n) is 4.72. The summed E-state index contributed by atoms with van der Waals surface area (Å²) in [7, 11) is 0. The van der Waals surface area contributed by atoms with E-state index in [1.807, 2.05) is 6.92 Å². The Bertz CT molecular complexity index is 356. The molecule has 1 saturated carbocycles. The van der Waals surface area contributed by atoms with Gasteiger partial charge in [0.25, 0.3) is 0 Å². The van der Waals surface area contributed by atoms with Crippen LogP contribution in [0.5, 0.6) is 0 Å². The van der Waals surface area contributed by atoms with Crippen LogP contribution >= 0.6 is 0 Å². The third kappa shape index (κ3) is 2.91. The predicted octanol–water partition coefficient (Wildman–Crippen LogP) is 1.28. The maximum atomic E-state index is 12.5. The Morgan fingerprint density at radius 3 is 2.16 bits per heavy atom. The quantitative estimate of drug-likeness (QED) is 0.720. The largest absolute Gasteiger partial charge is 0.480 e. The summed E-state index contributed by atoms with van der Waals surface area (Å²) in [5, 5.41) is 15.6. The van der Waals surface area contributed by atoms with Crippen LogP contribution < -0.4 is 10.6 Å². The summed E-state index contributed by atoms with van der Waals surface area (Å²) < 4.78 is 0. The molecule has 1 saturated heterocycles. The minimum Gasteiger partial charge on any atom is -0.480 e. The highest BCUT2D eigenvalue weighted by Crippen LogP contribution is 2.33. The second-order valence-electron chi connectivity index (χ2n) is 6.21. The zero-order valence-corrected chi connectivity index (χ0v) is 11.6. The molecule has 0 unspecified atom stereocenters. The van der Waals surface area contributed by atoms with Crippen molar-refractivity contribution < 1.29 is 14.7 Å². The zero-order valence-electron chi connectivity index (χ0n) is 11.6. The van der Waals surface area contributed by atoms with E-state index in [1.54, 1.807) is 0 Å². The SMILES string of the molecule is CC1(C(=O)NC2(C(=O)O)CCCCC2)CCNCC1. The summed E-state index contributed by atoms with van der Waals surface area (Å²) in [6.07, 6.45) is 5.48. The van der Waals surface area contributed by atoms with Crippen molar-refractivity contribution in [2.24, 2.45) is 5.41 Å². The van der Waals surface area contributed by atoms with Crippen molar-refractivity contribution >= 4 is 11.9 Å². The van der Waals surface area contributed by atoms with Crippen LogP contribution in [0.3, 0.4) is 0 Å². The van der Waals surface area contributed by atoms with Gasteiger partial charge in [-0.15, -0.1) is 0 Å². The average Bonchev–Trinajstić information content (AvgIpc) is 2.40.